The predicted octanol–water partition coefficient (Wildman–Crippen LogP) is 2.39. The maximum Gasteiger partial charge on any atom is 0.306 e. The summed E-state index contributed by atoms with van der Waals surface area (Å²) in [7, 11) is 0. The number of benzene rings is 1. The second-order valence-electron chi connectivity index (χ2n) is 5.03. The molecular formula is C14H18FNO3. The number of halogens is 1. The van der Waals surface area contributed by atoms with Gasteiger partial charge in [0.15, 0.2) is 0 Å². The number of piperidine rings is 1. The van der Waals surface area contributed by atoms with Gasteiger partial charge in [-0.15, -0.1) is 0 Å². The molecule has 5 heteroatoms. The van der Waals surface area contributed by atoms with Crippen LogP contribution in [0.25, 0.3) is 0 Å². The highest BCUT2D eigenvalue weighted by Crippen LogP contribution is 2.31. The summed E-state index contributed by atoms with van der Waals surface area (Å²) in [4.78, 5) is 13.0. The zero-order valence-electron chi connectivity index (χ0n) is 10.8. The van der Waals surface area contributed by atoms with Crippen LogP contribution in [-0.4, -0.2) is 34.2 Å². The molecule has 0 saturated carbocycles. The highest BCUT2D eigenvalue weighted by atomic mass is 19.1. The zero-order valence-corrected chi connectivity index (χ0v) is 10.8. The van der Waals surface area contributed by atoms with Gasteiger partial charge in [0, 0.05) is 17.7 Å². The van der Waals surface area contributed by atoms with E-state index in [4.69, 9.17) is 5.11 Å². The van der Waals surface area contributed by atoms with E-state index in [9.17, 15) is 14.3 Å². The first-order chi connectivity index (χ1) is 8.99. The number of phenols is 1. The van der Waals surface area contributed by atoms with Gasteiger partial charge in [-0.2, -0.15) is 0 Å². The third-order valence-electron chi connectivity index (χ3n) is 3.87. The molecule has 1 saturated heterocycles. The van der Waals surface area contributed by atoms with E-state index in [0.717, 1.165) is 6.07 Å². The van der Waals surface area contributed by atoms with Crippen molar-refractivity contribution in [3.63, 3.8) is 0 Å². The molecule has 1 aliphatic rings. The number of likely N-dealkylation sites (tertiary alicyclic amines) is 1. The number of aliphatic carboxylic acids is 1. The molecule has 1 aliphatic heterocycles. The Morgan fingerprint density at radius 2 is 2.05 bits per heavy atom. The van der Waals surface area contributed by atoms with Crippen LogP contribution >= 0.6 is 0 Å². The molecule has 1 aromatic carbocycles. The molecule has 0 spiro atoms. The van der Waals surface area contributed by atoms with E-state index in [1.54, 1.807) is 6.07 Å². The SMILES string of the molecule is CC(c1ccc(F)cc1O)N1CCC(C(=O)O)CC1. The minimum Gasteiger partial charge on any atom is -0.508 e. The van der Waals surface area contributed by atoms with E-state index in [1.165, 1.54) is 6.07 Å². The Balaban J connectivity index is 2.05. The van der Waals surface area contributed by atoms with Gasteiger partial charge >= 0.3 is 5.97 Å². The van der Waals surface area contributed by atoms with Crippen molar-refractivity contribution in [3.8, 4) is 5.75 Å². The number of carboxylic acid groups (broad SMARTS) is 1. The van der Waals surface area contributed by atoms with Crippen LogP contribution in [0.15, 0.2) is 18.2 Å². The zero-order chi connectivity index (χ0) is 14.0. The second kappa shape index (κ2) is 5.57. The highest BCUT2D eigenvalue weighted by Gasteiger charge is 2.28. The predicted molar refractivity (Wildman–Crippen MR) is 68.4 cm³/mol. The van der Waals surface area contributed by atoms with Crippen molar-refractivity contribution < 1.29 is 19.4 Å². The van der Waals surface area contributed by atoms with Gasteiger partial charge in [-0.1, -0.05) is 6.07 Å². The summed E-state index contributed by atoms with van der Waals surface area (Å²) in [6.07, 6.45) is 1.23. The van der Waals surface area contributed by atoms with Gasteiger partial charge in [-0.05, 0) is 38.9 Å². The van der Waals surface area contributed by atoms with Gasteiger partial charge in [0.05, 0.1) is 5.92 Å². The fraction of sp³-hybridized carbons (Fsp3) is 0.500. The van der Waals surface area contributed by atoms with Crippen molar-refractivity contribution in [1.29, 1.82) is 0 Å². The third kappa shape index (κ3) is 3.04. The van der Waals surface area contributed by atoms with Crippen LogP contribution in [0.3, 0.4) is 0 Å². The molecule has 1 aromatic rings. The number of aromatic hydroxyl groups is 1. The van der Waals surface area contributed by atoms with Gasteiger partial charge in [0.25, 0.3) is 0 Å². The van der Waals surface area contributed by atoms with Gasteiger partial charge in [0.2, 0.25) is 0 Å². The number of nitrogens with zero attached hydrogens (tertiary/aromatic N) is 1. The highest BCUT2D eigenvalue weighted by molar-refractivity contribution is 5.70. The Hall–Kier alpha value is -1.62. The van der Waals surface area contributed by atoms with Crippen LogP contribution < -0.4 is 0 Å². The summed E-state index contributed by atoms with van der Waals surface area (Å²) in [5.74, 6) is -1.52. The fourth-order valence-corrected chi connectivity index (χ4v) is 2.60. The molecule has 0 aliphatic carbocycles. The van der Waals surface area contributed by atoms with Crippen LogP contribution in [0.1, 0.15) is 31.4 Å². The lowest BCUT2D eigenvalue weighted by Gasteiger charge is -2.35. The van der Waals surface area contributed by atoms with E-state index in [2.05, 4.69) is 4.90 Å². The molecule has 1 unspecified atom stereocenters. The second-order valence-corrected chi connectivity index (χ2v) is 5.03. The summed E-state index contributed by atoms with van der Waals surface area (Å²) in [6.45, 7) is 3.29. The minimum atomic E-state index is -0.739. The van der Waals surface area contributed by atoms with Gasteiger partial charge < -0.3 is 10.2 Å². The van der Waals surface area contributed by atoms with Gasteiger partial charge in [0.1, 0.15) is 11.6 Å². The average Bonchev–Trinajstić information content (AvgIpc) is 2.38. The van der Waals surface area contributed by atoms with Crippen molar-refractivity contribution in [3.05, 3.63) is 29.6 Å². The van der Waals surface area contributed by atoms with Crippen LogP contribution in [0.4, 0.5) is 4.39 Å². The first kappa shape index (κ1) is 13.8. The smallest absolute Gasteiger partial charge is 0.306 e. The summed E-state index contributed by atoms with van der Waals surface area (Å²) in [6, 6.07) is 3.97. The van der Waals surface area contributed by atoms with Gasteiger partial charge in [-0.25, -0.2) is 4.39 Å². The van der Waals surface area contributed by atoms with E-state index >= 15 is 0 Å². The Kier molecular flexibility index (Phi) is 4.04. The Morgan fingerprint density at radius 1 is 1.42 bits per heavy atom. The van der Waals surface area contributed by atoms with Crippen molar-refractivity contribution >= 4 is 5.97 Å². The largest absolute Gasteiger partial charge is 0.508 e. The summed E-state index contributed by atoms with van der Waals surface area (Å²) in [5.41, 5.74) is 0.676. The van der Waals surface area contributed by atoms with Crippen LogP contribution in [0.5, 0.6) is 5.75 Å². The van der Waals surface area contributed by atoms with Crippen molar-refractivity contribution in [1.82, 2.24) is 4.90 Å². The molecule has 0 amide bonds. The molecule has 0 radical (unpaired) electrons. The summed E-state index contributed by atoms with van der Waals surface area (Å²) >= 11 is 0. The van der Waals surface area contributed by atoms with Crippen LogP contribution in [0, 0.1) is 11.7 Å². The first-order valence-electron chi connectivity index (χ1n) is 6.44. The molecular weight excluding hydrogens is 249 g/mol. The summed E-state index contributed by atoms with van der Waals surface area (Å²) < 4.78 is 13.0. The number of carboxylic acids is 1. The molecule has 104 valence electrons. The molecule has 2 N–H and O–H groups in total. The van der Waals surface area contributed by atoms with Crippen molar-refractivity contribution in [2.75, 3.05) is 13.1 Å². The van der Waals surface area contributed by atoms with E-state index < -0.39 is 11.8 Å². The van der Waals surface area contributed by atoms with Crippen LogP contribution in [-0.2, 0) is 4.79 Å². The number of hydrogen-bond donors (Lipinski definition) is 2. The standard InChI is InChI=1S/C14H18FNO3/c1-9(12-3-2-11(15)8-13(12)17)16-6-4-10(5-7-16)14(18)19/h2-3,8-10,17H,4-7H2,1H3,(H,18,19). The van der Waals surface area contributed by atoms with E-state index in [0.29, 0.717) is 31.5 Å². The fourth-order valence-electron chi connectivity index (χ4n) is 2.60. The Morgan fingerprint density at radius 3 is 2.58 bits per heavy atom. The minimum absolute atomic E-state index is 0.0460. The lowest BCUT2D eigenvalue weighted by Crippen LogP contribution is -2.37. The first-order valence-corrected chi connectivity index (χ1v) is 6.44. The molecule has 2 rings (SSSR count). The van der Waals surface area contributed by atoms with E-state index in [-0.39, 0.29) is 17.7 Å². The maximum atomic E-state index is 13.0. The molecule has 1 atom stereocenters. The monoisotopic (exact) mass is 267 g/mol. The maximum absolute atomic E-state index is 13.0. The molecule has 19 heavy (non-hydrogen) atoms. The molecule has 0 bridgehead atoms. The summed E-state index contributed by atoms with van der Waals surface area (Å²) in [5, 5.41) is 18.7. The van der Waals surface area contributed by atoms with Crippen molar-refractivity contribution in [2.45, 2.75) is 25.8 Å². The lowest BCUT2D eigenvalue weighted by molar-refractivity contribution is -0.143. The molecule has 1 fully saturated rings. The lowest BCUT2D eigenvalue weighted by atomic mass is 9.94. The van der Waals surface area contributed by atoms with Crippen LogP contribution in [0.2, 0.25) is 0 Å². The Bertz CT molecular complexity index is 470. The molecule has 1 heterocycles. The third-order valence-corrected chi connectivity index (χ3v) is 3.87. The number of carbonyl (C=O) groups is 1. The molecule has 0 aromatic heterocycles. The quantitative estimate of drug-likeness (QED) is 0.882. The normalized spacial score (nSPS) is 19.3. The van der Waals surface area contributed by atoms with Gasteiger partial charge in [-0.3, -0.25) is 9.69 Å². The van der Waals surface area contributed by atoms with E-state index in [1.807, 2.05) is 6.92 Å². The average molecular weight is 267 g/mol. The number of phenolic OH excluding ortho intramolecular Hbond substituents is 1. The number of rotatable bonds is 3. The molecule has 4 nitrogen and oxygen atoms in total. The Labute approximate surface area is 111 Å². The number of hydrogen-bond acceptors (Lipinski definition) is 3. The topological polar surface area (TPSA) is 60.8 Å². The van der Waals surface area contributed by atoms with Crippen molar-refractivity contribution in [2.24, 2.45) is 5.92 Å².